The number of nitrogens with two attached hydrogens (primary N) is 1. The Labute approximate surface area is 139 Å². The molecule has 1 aromatic carbocycles. The SMILES string of the molecule is CCCCNC(=O)CSc1nnc(-c2ccccc2OC)n1N. The van der Waals surface area contributed by atoms with Crippen LogP contribution in [0.25, 0.3) is 11.4 Å². The van der Waals surface area contributed by atoms with Crippen LogP contribution in [0.2, 0.25) is 0 Å². The molecule has 0 aliphatic heterocycles. The smallest absolute Gasteiger partial charge is 0.230 e. The third-order valence-corrected chi connectivity index (χ3v) is 4.14. The lowest BCUT2D eigenvalue weighted by Crippen LogP contribution is -2.26. The number of amides is 1. The number of nitrogens with zero attached hydrogens (tertiary/aromatic N) is 3. The summed E-state index contributed by atoms with van der Waals surface area (Å²) in [6.07, 6.45) is 2.02. The maximum absolute atomic E-state index is 11.7. The van der Waals surface area contributed by atoms with Gasteiger partial charge in [0, 0.05) is 6.54 Å². The Morgan fingerprint density at radius 1 is 1.39 bits per heavy atom. The molecule has 1 heterocycles. The summed E-state index contributed by atoms with van der Waals surface area (Å²) in [5, 5.41) is 11.5. The third-order valence-electron chi connectivity index (χ3n) is 3.20. The number of carbonyl (C=O) groups is 1. The molecule has 23 heavy (non-hydrogen) atoms. The number of benzene rings is 1. The predicted molar refractivity (Wildman–Crippen MR) is 90.8 cm³/mol. The quantitative estimate of drug-likeness (QED) is 0.433. The van der Waals surface area contributed by atoms with Gasteiger partial charge in [0.05, 0.1) is 18.4 Å². The molecule has 2 aromatic rings. The molecular weight excluding hydrogens is 314 g/mol. The van der Waals surface area contributed by atoms with Gasteiger partial charge in [0.25, 0.3) is 0 Å². The van der Waals surface area contributed by atoms with Crippen LogP contribution in [-0.4, -0.2) is 40.2 Å². The fraction of sp³-hybridized carbons (Fsp3) is 0.400. The van der Waals surface area contributed by atoms with Crippen LogP contribution < -0.4 is 15.9 Å². The zero-order valence-electron chi connectivity index (χ0n) is 13.3. The summed E-state index contributed by atoms with van der Waals surface area (Å²) < 4.78 is 6.69. The molecule has 0 bridgehead atoms. The lowest BCUT2D eigenvalue weighted by atomic mass is 10.2. The summed E-state index contributed by atoms with van der Waals surface area (Å²) in [6.45, 7) is 2.77. The zero-order valence-corrected chi connectivity index (χ0v) is 14.1. The molecule has 0 aliphatic carbocycles. The molecular formula is C15H21N5O2S. The Morgan fingerprint density at radius 2 is 2.17 bits per heavy atom. The largest absolute Gasteiger partial charge is 0.496 e. The summed E-state index contributed by atoms with van der Waals surface area (Å²) >= 11 is 1.25. The summed E-state index contributed by atoms with van der Waals surface area (Å²) in [6, 6.07) is 7.44. The molecule has 1 amide bonds. The highest BCUT2D eigenvalue weighted by atomic mass is 32.2. The number of ether oxygens (including phenoxy) is 1. The average Bonchev–Trinajstić information content (AvgIpc) is 2.94. The van der Waals surface area contributed by atoms with Crippen LogP contribution in [0.5, 0.6) is 5.75 Å². The minimum Gasteiger partial charge on any atom is -0.496 e. The van der Waals surface area contributed by atoms with E-state index in [1.807, 2.05) is 24.3 Å². The van der Waals surface area contributed by atoms with Crippen molar-refractivity contribution in [2.45, 2.75) is 24.9 Å². The van der Waals surface area contributed by atoms with E-state index < -0.39 is 0 Å². The number of thioether (sulfide) groups is 1. The van der Waals surface area contributed by atoms with Gasteiger partial charge in [0.1, 0.15) is 5.75 Å². The zero-order chi connectivity index (χ0) is 16.7. The van der Waals surface area contributed by atoms with Gasteiger partial charge in [0.2, 0.25) is 11.1 Å². The fourth-order valence-corrected chi connectivity index (χ4v) is 2.66. The molecule has 0 radical (unpaired) electrons. The minimum absolute atomic E-state index is 0.0368. The van der Waals surface area contributed by atoms with Crippen molar-refractivity contribution in [2.75, 3.05) is 25.3 Å². The molecule has 0 unspecified atom stereocenters. The normalized spacial score (nSPS) is 10.5. The van der Waals surface area contributed by atoms with Crippen molar-refractivity contribution < 1.29 is 9.53 Å². The molecule has 0 saturated heterocycles. The summed E-state index contributed by atoms with van der Waals surface area (Å²) in [7, 11) is 1.59. The van der Waals surface area contributed by atoms with Crippen molar-refractivity contribution >= 4 is 17.7 Å². The fourth-order valence-electron chi connectivity index (χ4n) is 1.97. The predicted octanol–water partition coefficient (Wildman–Crippen LogP) is 1.68. The lowest BCUT2D eigenvalue weighted by Gasteiger charge is -2.08. The first-order chi connectivity index (χ1) is 11.2. The first-order valence-electron chi connectivity index (χ1n) is 7.40. The van der Waals surface area contributed by atoms with Crippen LogP contribution in [-0.2, 0) is 4.79 Å². The van der Waals surface area contributed by atoms with Crippen LogP contribution in [0.15, 0.2) is 29.4 Å². The summed E-state index contributed by atoms with van der Waals surface area (Å²) in [4.78, 5) is 11.7. The Kier molecular flexibility index (Phi) is 6.28. The molecule has 7 nitrogen and oxygen atoms in total. The molecule has 124 valence electrons. The topological polar surface area (TPSA) is 95.1 Å². The van der Waals surface area contributed by atoms with Crippen molar-refractivity contribution in [2.24, 2.45) is 0 Å². The minimum atomic E-state index is -0.0368. The van der Waals surface area contributed by atoms with Gasteiger partial charge < -0.3 is 15.9 Å². The average molecular weight is 335 g/mol. The number of nitrogen functional groups attached to an aromatic ring is 1. The second-order valence-electron chi connectivity index (χ2n) is 4.87. The van der Waals surface area contributed by atoms with Crippen molar-refractivity contribution in [1.82, 2.24) is 20.2 Å². The van der Waals surface area contributed by atoms with E-state index in [2.05, 4.69) is 22.4 Å². The standard InChI is InChI=1S/C15H21N5O2S/c1-3-4-9-17-13(21)10-23-15-19-18-14(20(15)16)11-7-5-6-8-12(11)22-2/h5-8H,3-4,9-10,16H2,1-2H3,(H,17,21). The van der Waals surface area contributed by atoms with Gasteiger partial charge in [-0.15, -0.1) is 10.2 Å². The molecule has 0 atom stereocenters. The summed E-state index contributed by atoms with van der Waals surface area (Å²) in [5.41, 5.74) is 0.754. The van der Waals surface area contributed by atoms with Crippen molar-refractivity contribution in [3.63, 3.8) is 0 Å². The number of rotatable bonds is 8. The molecule has 8 heteroatoms. The number of aromatic nitrogens is 3. The maximum atomic E-state index is 11.7. The van der Waals surface area contributed by atoms with Gasteiger partial charge in [-0.2, -0.15) is 0 Å². The van der Waals surface area contributed by atoms with Gasteiger partial charge in [0.15, 0.2) is 5.82 Å². The first kappa shape index (κ1) is 17.1. The highest BCUT2D eigenvalue weighted by Gasteiger charge is 2.16. The number of hydrogen-bond acceptors (Lipinski definition) is 6. The Morgan fingerprint density at radius 3 is 2.91 bits per heavy atom. The van der Waals surface area contributed by atoms with E-state index in [4.69, 9.17) is 10.6 Å². The number of methoxy groups -OCH3 is 1. The van der Waals surface area contributed by atoms with Crippen LogP contribution >= 0.6 is 11.8 Å². The van der Waals surface area contributed by atoms with Gasteiger partial charge in [-0.1, -0.05) is 37.2 Å². The van der Waals surface area contributed by atoms with Crippen molar-refractivity contribution in [3.8, 4) is 17.1 Å². The lowest BCUT2D eigenvalue weighted by molar-refractivity contribution is -0.118. The second-order valence-corrected chi connectivity index (χ2v) is 5.81. The van der Waals surface area contributed by atoms with Gasteiger partial charge in [-0.25, -0.2) is 4.68 Å². The molecule has 2 rings (SSSR count). The molecule has 3 N–H and O–H groups in total. The third kappa shape index (κ3) is 4.38. The van der Waals surface area contributed by atoms with Crippen molar-refractivity contribution in [1.29, 1.82) is 0 Å². The van der Waals surface area contributed by atoms with Crippen LogP contribution in [0, 0.1) is 0 Å². The number of nitrogens with one attached hydrogen (secondary N) is 1. The molecule has 1 aromatic heterocycles. The number of hydrogen-bond donors (Lipinski definition) is 2. The number of carbonyl (C=O) groups excluding carboxylic acids is 1. The van der Waals surface area contributed by atoms with E-state index in [1.165, 1.54) is 16.4 Å². The van der Waals surface area contributed by atoms with E-state index in [-0.39, 0.29) is 11.7 Å². The van der Waals surface area contributed by atoms with E-state index in [9.17, 15) is 4.79 Å². The molecule has 0 fully saturated rings. The second kappa shape index (κ2) is 8.42. The van der Waals surface area contributed by atoms with Gasteiger partial charge >= 0.3 is 0 Å². The molecule has 0 aliphatic rings. The Balaban J connectivity index is 2.03. The van der Waals surface area contributed by atoms with Gasteiger partial charge in [-0.05, 0) is 18.6 Å². The molecule has 0 saturated carbocycles. The Hall–Kier alpha value is -2.22. The van der Waals surface area contributed by atoms with Crippen LogP contribution in [0.3, 0.4) is 0 Å². The monoisotopic (exact) mass is 335 g/mol. The van der Waals surface area contributed by atoms with Crippen molar-refractivity contribution in [3.05, 3.63) is 24.3 Å². The number of unbranched alkanes of at least 4 members (excludes halogenated alkanes) is 1. The highest BCUT2D eigenvalue weighted by Crippen LogP contribution is 2.29. The maximum Gasteiger partial charge on any atom is 0.230 e. The van der Waals surface area contributed by atoms with E-state index in [0.29, 0.717) is 23.3 Å². The molecule has 0 spiro atoms. The van der Waals surface area contributed by atoms with E-state index >= 15 is 0 Å². The Bertz CT molecular complexity index is 659. The summed E-state index contributed by atoms with van der Waals surface area (Å²) in [5.74, 6) is 7.43. The highest BCUT2D eigenvalue weighted by molar-refractivity contribution is 7.99. The van der Waals surface area contributed by atoms with Gasteiger partial charge in [-0.3, -0.25) is 4.79 Å². The number of para-hydroxylation sites is 1. The first-order valence-corrected chi connectivity index (χ1v) is 8.39. The van der Waals surface area contributed by atoms with E-state index in [1.54, 1.807) is 7.11 Å². The van der Waals surface area contributed by atoms with Crippen LogP contribution in [0.4, 0.5) is 0 Å². The van der Waals surface area contributed by atoms with E-state index in [0.717, 1.165) is 18.4 Å². The van der Waals surface area contributed by atoms with Crippen LogP contribution in [0.1, 0.15) is 19.8 Å².